The molecule has 10 heteroatoms. The van der Waals surface area contributed by atoms with Crippen LogP contribution in [0.15, 0.2) is 18.5 Å². The second-order valence-electron chi connectivity index (χ2n) is 6.88. The molecule has 1 saturated heterocycles. The molecule has 8 nitrogen and oxygen atoms in total. The van der Waals surface area contributed by atoms with E-state index >= 15 is 0 Å². The highest BCUT2D eigenvalue weighted by Gasteiger charge is 2.28. The summed E-state index contributed by atoms with van der Waals surface area (Å²) in [7, 11) is 0. The van der Waals surface area contributed by atoms with Crippen LogP contribution in [-0.2, 0) is 0 Å². The number of hydrogen-bond donors (Lipinski definition) is 2. The number of nitrogens with one attached hydrogen (secondary N) is 1. The van der Waals surface area contributed by atoms with Crippen LogP contribution in [0.25, 0.3) is 10.3 Å². The van der Waals surface area contributed by atoms with E-state index in [2.05, 4.69) is 25.3 Å². The minimum Gasteiger partial charge on any atom is -0.348 e. The number of nitrogens with two attached hydrogens (primary N) is 1. The van der Waals surface area contributed by atoms with Crippen molar-refractivity contribution < 1.29 is 9.18 Å². The number of halogens is 1. The Kier molecular flexibility index (Phi) is 4.90. The van der Waals surface area contributed by atoms with Crippen molar-refractivity contribution in [1.82, 2.24) is 24.8 Å². The molecule has 1 aliphatic rings. The fourth-order valence-corrected chi connectivity index (χ4v) is 4.04. The number of amides is 1. The number of nitrogens with zero attached hydrogens (tertiary/aromatic N) is 5. The van der Waals surface area contributed by atoms with Crippen LogP contribution in [-0.4, -0.2) is 49.9 Å². The summed E-state index contributed by atoms with van der Waals surface area (Å²) in [5, 5.41) is 3.92. The molecule has 4 rings (SSSR count). The molecule has 0 unspecified atom stereocenters. The summed E-state index contributed by atoms with van der Waals surface area (Å²) >= 11 is 1.39. The molecule has 28 heavy (non-hydrogen) atoms. The van der Waals surface area contributed by atoms with Crippen LogP contribution in [0.1, 0.15) is 40.4 Å². The van der Waals surface area contributed by atoms with E-state index in [4.69, 9.17) is 5.73 Å². The lowest BCUT2D eigenvalue weighted by molar-refractivity contribution is 0.0787. The average Bonchev–Trinajstić information content (AvgIpc) is 3.25. The SMILES string of the molecule is Cc1nc2nc(N[C@@H](C)c3cncc(F)c3)nc(C(=O)N3CC[C@@H](N)C3)c2s1. The van der Waals surface area contributed by atoms with Crippen LogP contribution >= 0.6 is 11.3 Å². The topological polar surface area (TPSA) is 110 Å². The molecule has 1 amide bonds. The molecule has 1 aliphatic heterocycles. The first-order chi connectivity index (χ1) is 13.4. The fourth-order valence-electron chi connectivity index (χ4n) is 3.20. The minimum absolute atomic E-state index is 0.0115. The molecular weight excluding hydrogens is 381 g/mol. The standard InChI is InChI=1S/C18H20FN7OS/c1-9(11-5-12(19)7-21-6-11)22-18-24-14(15-16(25-18)23-10(2)28-15)17(27)26-4-3-13(20)8-26/h5-7,9,13H,3-4,8,20H2,1-2H3,(H,22,24,25)/t9-,13+/m0/s1. The second kappa shape index (κ2) is 7.36. The lowest BCUT2D eigenvalue weighted by Crippen LogP contribution is -2.32. The van der Waals surface area contributed by atoms with Gasteiger partial charge in [0.1, 0.15) is 10.5 Å². The molecule has 3 aromatic rings. The maximum absolute atomic E-state index is 13.5. The summed E-state index contributed by atoms with van der Waals surface area (Å²) in [6.45, 7) is 4.82. The third kappa shape index (κ3) is 3.65. The summed E-state index contributed by atoms with van der Waals surface area (Å²) in [5.74, 6) is -0.326. The maximum atomic E-state index is 13.5. The summed E-state index contributed by atoms with van der Waals surface area (Å²) in [4.78, 5) is 31.9. The predicted molar refractivity (Wildman–Crippen MR) is 105 cm³/mol. The third-order valence-electron chi connectivity index (χ3n) is 4.65. The van der Waals surface area contributed by atoms with Gasteiger partial charge in [0.2, 0.25) is 5.95 Å². The summed E-state index contributed by atoms with van der Waals surface area (Å²) in [5.41, 5.74) is 7.38. The molecule has 0 aromatic carbocycles. The van der Waals surface area contributed by atoms with E-state index in [1.165, 1.54) is 17.4 Å². The number of anilines is 1. The van der Waals surface area contributed by atoms with Gasteiger partial charge in [-0.25, -0.2) is 14.4 Å². The van der Waals surface area contributed by atoms with Crippen molar-refractivity contribution >= 4 is 33.5 Å². The van der Waals surface area contributed by atoms with Crippen LogP contribution in [0.5, 0.6) is 0 Å². The minimum atomic E-state index is -0.418. The van der Waals surface area contributed by atoms with E-state index in [9.17, 15) is 9.18 Å². The maximum Gasteiger partial charge on any atom is 0.274 e. The van der Waals surface area contributed by atoms with Gasteiger partial charge in [0.05, 0.1) is 17.2 Å². The predicted octanol–water partition coefficient (Wildman–Crippen LogP) is 2.28. The second-order valence-corrected chi connectivity index (χ2v) is 8.09. The molecule has 0 saturated carbocycles. The molecule has 4 heterocycles. The van der Waals surface area contributed by atoms with Gasteiger partial charge >= 0.3 is 0 Å². The molecule has 0 aliphatic carbocycles. The highest BCUT2D eigenvalue weighted by Crippen LogP contribution is 2.27. The van der Waals surface area contributed by atoms with Gasteiger partial charge in [0, 0.05) is 25.3 Å². The summed E-state index contributed by atoms with van der Waals surface area (Å²) in [6.07, 6.45) is 3.49. The molecule has 0 bridgehead atoms. The van der Waals surface area contributed by atoms with Crippen LogP contribution in [0, 0.1) is 12.7 Å². The van der Waals surface area contributed by atoms with Crippen LogP contribution in [0.2, 0.25) is 0 Å². The Bertz CT molecular complexity index is 1040. The molecule has 3 aromatic heterocycles. The highest BCUT2D eigenvalue weighted by molar-refractivity contribution is 7.18. The normalized spacial score (nSPS) is 17.9. The zero-order valence-corrected chi connectivity index (χ0v) is 16.3. The number of hydrogen-bond acceptors (Lipinski definition) is 8. The first kappa shape index (κ1) is 18.6. The first-order valence-electron chi connectivity index (χ1n) is 8.97. The molecule has 3 N–H and O–H groups in total. The Morgan fingerprint density at radius 3 is 2.93 bits per heavy atom. The largest absolute Gasteiger partial charge is 0.348 e. The summed E-state index contributed by atoms with van der Waals surface area (Å²) < 4.78 is 14.1. The van der Waals surface area contributed by atoms with Crippen molar-refractivity contribution in [3.63, 3.8) is 0 Å². The Morgan fingerprint density at radius 1 is 1.39 bits per heavy atom. The molecule has 0 spiro atoms. The van der Waals surface area contributed by atoms with Crippen molar-refractivity contribution in [2.24, 2.45) is 5.73 Å². The van der Waals surface area contributed by atoms with Gasteiger partial charge in [0.15, 0.2) is 11.3 Å². The van der Waals surface area contributed by atoms with Gasteiger partial charge in [0.25, 0.3) is 5.91 Å². The Morgan fingerprint density at radius 2 is 2.21 bits per heavy atom. The first-order valence-corrected chi connectivity index (χ1v) is 9.79. The van der Waals surface area contributed by atoms with Gasteiger partial charge in [-0.05, 0) is 31.9 Å². The van der Waals surface area contributed by atoms with Gasteiger partial charge in [-0.1, -0.05) is 0 Å². The number of rotatable bonds is 4. The molecule has 2 atom stereocenters. The van der Waals surface area contributed by atoms with Crippen molar-refractivity contribution in [3.05, 3.63) is 40.5 Å². The molecule has 146 valence electrons. The number of aromatic nitrogens is 4. The zero-order valence-electron chi connectivity index (χ0n) is 15.5. The molecular formula is C18H20FN7OS. The number of thiazole rings is 1. The number of aryl methyl sites for hydroxylation is 1. The van der Waals surface area contributed by atoms with E-state index in [1.54, 1.807) is 11.1 Å². The van der Waals surface area contributed by atoms with E-state index in [0.717, 1.165) is 17.6 Å². The smallest absolute Gasteiger partial charge is 0.274 e. The monoisotopic (exact) mass is 401 g/mol. The summed E-state index contributed by atoms with van der Waals surface area (Å²) in [6, 6.07) is 1.08. The molecule has 1 fully saturated rings. The number of pyridine rings is 1. The van der Waals surface area contributed by atoms with E-state index in [-0.39, 0.29) is 23.9 Å². The zero-order chi connectivity index (χ0) is 19.8. The third-order valence-corrected chi connectivity index (χ3v) is 5.61. The van der Waals surface area contributed by atoms with E-state index in [0.29, 0.717) is 34.7 Å². The van der Waals surface area contributed by atoms with E-state index < -0.39 is 5.82 Å². The Balaban J connectivity index is 1.68. The van der Waals surface area contributed by atoms with Gasteiger partial charge in [-0.2, -0.15) is 4.98 Å². The van der Waals surface area contributed by atoms with Crippen molar-refractivity contribution in [3.8, 4) is 0 Å². The van der Waals surface area contributed by atoms with Gasteiger partial charge in [-0.3, -0.25) is 9.78 Å². The quantitative estimate of drug-likeness (QED) is 0.690. The van der Waals surface area contributed by atoms with Crippen molar-refractivity contribution in [1.29, 1.82) is 0 Å². The fraction of sp³-hybridized carbons (Fsp3) is 0.389. The Labute approximate surface area is 165 Å². The van der Waals surface area contributed by atoms with Crippen LogP contribution in [0.3, 0.4) is 0 Å². The lowest BCUT2D eigenvalue weighted by Gasteiger charge is -2.17. The van der Waals surface area contributed by atoms with Crippen molar-refractivity contribution in [2.75, 3.05) is 18.4 Å². The highest BCUT2D eigenvalue weighted by atomic mass is 32.1. The van der Waals surface area contributed by atoms with Crippen LogP contribution in [0.4, 0.5) is 10.3 Å². The van der Waals surface area contributed by atoms with Gasteiger partial charge < -0.3 is 16.0 Å². The lowest BCUT2D eigenvalue weighted by atomic mass is 10.1. The number of carbonyl (C=O) groups excluding carboxylic acids is 1. The number of fused-ring (bicyclic) bond motifs is 1. The van der Waals surface area contributed by atoms with Crippen LogP contribution < -0.4 is 11.1 Å². The van der Waals surface area contributed by atoms with Gasteiger partial charge in [-0.15, -0.1) is 11.3 Å². The van der Waals surface area contributed by atoms with Crippen molar-refractivity contribution in [2.45, 2.75) is 32.4 Å². The Hall–Kier alpha value is -2.72. The number of carbonyl (C=O) groups is 1. The molecule has 0 radical (unpaired) electrons. The average molecular weight is 401 g/mol. The number of likely N-dealkylation sites (tertiary alicyclic amines) is 1. The van der Waals surface area contributed by atoms with E-state index in [1.807, 2.05) is 13.8 Å².